The highest BCUT2D eigenvalue weighted by Crippen LogP contribution is 2.08. The molecule has 0 bridgehead atoms. The van der Waals surface area contributed by atoms with Gasteiger partial charge in [0.2, 0.25) is 5.91 Å². The van der Waals surface area contributed by atoms with Gasteiger partial charge in [0, 0.05) is 0 Å². The number of rotatable bonds is 10. The lowest BCUT2D eigenvalue weighted by atomic mass is 10.0. The maximum absolute atomic E-state index is 12.6. The minimum Gasteiger partial charge on any atom is -0.479 e. The lowest BCUT2D eigenvalue weighted by Gasteiger charge is -2.24. The van der Waals surface area contributed by atoms with Crippen molar-refractivity contribution < 1.29 is 29.3 Å². The smallest absolute Gasteiger partial charge is 0.408 e. The second kappa shape index (κ2) is 11.9. The molecule has 3 atom stereocenters. The number of amides is 2. The van der Waals surface area contributed by atoms with Gasteiger partial charge in [-0.15, -0.1) is 0 Å². The molecule has 0 aliphatic heterocycles. The summed E-state index contributed by atoms with van der Waals surface area (Å²) in [6, 6.07) is 16.9. The largest absolute Gasteiger partial charge is 0.479 e. The Hall–Kier alpha value is -3.90. The van der Waals surface area contributed by atoms with E-state index in [1.54, 1.807) is 60.7 Å². The Morgan fingerprint density at radius 3 is 2.10 bits per heavy atom. The first-order chi connectivity index (χ1) is 14.9. The van der Waals surface area contributed by atoms with Crippen molar-refractivity contribution in [3.05, 3.63) is 71.8 Å². The van der Waals surface area contributed by atoms with E-state index in [1.807, 2.05) is 6.07 Å². The Morgan fingerprint density at radius 2 is 1.55 bits per heavy atom. The summed E-state index contributed by atoms with van der Waals surface area (Å²) in [7, 11) is 0. The molecule has 0 saturated carbocycles. The predicted octanol–water partition coefficient (Wildman–Crippen LogP) is 1.37. The lowest BCUT2D eigenvalue weighted by molar-refractivity contribution is -0.148. The molecule has 0 radical (unpaired) electrons. The zero-order chi connectivity index (χ0) is 22.6. The van der Waals surface area contributed by atoms with Gasteiger partial charge in [0.05, 0.1) is 18.5 Å². The Kier molecular flexibility index (Phi) is 9.01. The molecule has 0 spiro atoms. The van der Waals surface area contributed by atoms with Crippen LogP contribution in [0.15, 0.2) is 60.7 Å². The number of benzene rings is 2. The Labute approximate surface area is 179 Å². The molecule has 2 amide bonds. The van der Waals surface area contributed by atoms with E-state index in [-0.39, 0.29) is 19.4 Å². The second-order valence-electron chi connectivity index (χ2n) is 6.71. The third-order valence-electron chi connectivity index (χ3n) is 4.38. The molecule has 2 rings (SSSR count). The molecule has 4 N–H and O–H groups in total. The minimum atomic E-state index is -1.88. The van der Waals surface area contributed by atoms with Crippen LogP contribution in [-0.2, 0) is 27.4 Å². The Bertz CT molecular complexity index is 914. The summed E-state index contributed by atoms with van der Waals surface area (Å²) in [5.74, 6) is -2.31. The number of aliphatic hydroxyl groups excluding tert-OH is 1. The van der Waals surface area contributed by atoms with Crippen molar-refractivity contribution in [3.63, 3.8) is 0 Å². The van der Waals surface area contributed by atoms with Gasteiger partial charge < -0.3 is 25.6 Å². The fourth-order valence-corrected chi connectivity index (χ4v) is 2.77. The first-order valence-electron chi connectivity index (χ1n) is 9.50. The zero-order valence-corrected chi connectivity index (χ0v) is 16.6. The van der Waals surface area contributed by atoms with Crippen molar-refractivity contribution in [2.24, 2.45) is 0 Å². The van der Waals surface area contributed by atoms with E-state index < -0.39 is 36.2 Å². The van der Waals surface area contributed by atoms with Crippen LogP contribution in [0.5, 0.6) is 0 Å². The number of nitrogens with one attached hydrogen (secondary N) is 2. The van der Waals surface area contributed by atoms with Crippen LogP contribution in [0.3, 0.4) is 0 Å². The molecule has 0 heterocycles. The summed E-state index contributed by atoms with van der Waals surface area (Å²) in [6.45, 7) is -0.0259. The molecular weight excluding hydrogens is 402 g/mol. The van der Waals surface area contributed by atoms with Crippen LogP contribution in [0.25, 0.3) is 0 Å². The number of nitrogens with zero attached hydrogens (tertiary/aromatic N) is 1. The first kappa shape index (κ1) is 23.4. The Morgan fingerprint density at radius 1 is 0.968 bits per heavy atom. The van der Waals surface area contributed by atoms with Crippen molar-refractivity contribution in [2.75, 3.05) is 0 Å². The molecule has 0 saturated heterocycles. The molecule has 2 aromatic rings. The van der Waals surface area contributed by atoms with Gasteiger partial charge in [-0.25, -0.2) is 9.59 Å². The summed E-state index contributed by atoms with van der Waals surface area (Å²) in [5, 5.41) is 32.9. The van der Waals surface area contributed by atoms with Crippen molar-refractivity contribution in [2.45, 2.75) is 37.6 Å². The van der Waals surface area contributed by atoms with Gasteiger partial charge in [0.1, 0.15) is 12.6 Å². The van der Waals surface area contributed by atoms with Gasteiger partial charge in [0.25, 0.3) is 0 Å². The molecule has 0 aliphatic carbocycles. The van der Waals surface area contributed by atoms with E-state index in [1.165, 1.54) is 0 Å². The molecule has 9 heteroatoms. The maximum atomic E-state index is 12.6. The minimum absolute atomic E-state index is 0.0259. The van der Waals surface area contributed by atoms with Crippen LogP contribution in [-0.4, -0.2) is 46.4 Å². The van der Waals surface area contributed by atoms with Crippen LogP contribution in [0.2, 0.25) is 0 Å². The topological polar surface area (TPSA) is 149 Å². The van der Waals surface area contributed by atoms with E-state index in [4.69, 9.17) is 15.1 Å². The van der Waals surface area contributed by atoms with Crippen LogP contribution in [0, 0.1) is 11.3 Å². The number of hydrogen-bond donors (Lipinski definition) is 4. The number of ether oxygens (including phenoxy) is 1. The molecule has 0 fully saturated rings. The average Bonchev–Trinajstić information content (AvgIpc) is 2.77. The van der Waals surface area contributed by atoms with Crippen molar-refractivity contribution in [3.8, 4) is 6.07 Å². The number of aliphatic hydroxyl groups is 1. The molecule has 162 valence electrons. The third kappa shape index (κ3) is 7.79. The number of carboxylic acid groups (broad SMARTS) is 1. The average molecular weight is 425 g/mol. The van der Waals surface area contributed by atoms with E-state index in [2.05, 4.69) is 10.6 Å². The monoisotopic (exact) mass is 425 g/mol. The number of aliphatic carboxylic acids is 1. The Balaban J connectivity index is 2.02. The third-order valence-corrected chi connectivity index (χ3v) is 4.38. The molecule has 0 aromatic heterocycles. The van der Waals surface area contributed by atoms with Gasteiger partial charge in [0.15, 0.2) is 6.10 Å². The standard InChI is InChI=1S/C22H23N3O6/c23-12-11-17(25-22(30)31-14-16-9-5-2-6-10-16)20(27)24-18(19(26)21(28)29)13-15-7-3-1-4-8-15/h1-10,17-19,26H,11,13-14H2,(H,24,27)(H,25,30)(H,28,29)/t17-,18-,19-/m0/s1. The molecular formula is C22H23N3O6. The number of carbonyl (C=O) groups excluding carboxylic acids is 2. The fraction of sp³-hybridized carbons (Fsp3) is 0.273. The molecule has 0 aliphatic rings. The van der Waals surface area contributed by atoms with Gasteiger partial charge in [-0.05, 0) is 17.5 Å². The van der Waals surface area contributed by atoms with Gasteiger partial charge in [-0.1, -0.05) is 60.7 Å². The number of nitriles is 1. The molecule has 31 heavy (non-hydrogen) atoms. The maximum Gasteiger partial charge on any atom is 0.408 e. The van der Waals surface area contributed by atoms with Gasteiger partial charge in [-0.2, -0.15) is 5.26 Å². The predicted molar refractivity (Wildman–Crippen MR) is 110 cm³/mol. The van der Waals surface area contributed by atoms with Crippen molar-refractivity contribution in [1.29, 1.82) is 5.26 Å². The number of carboxylic acids is 1. The highest BCUT2D eigenvalue weighted by molar-refractivity contribution is 5.86. The van der Waals surface area contributed by atoms with E-state index in [9.17, 15) is 19.5 Å². The van der Waals surface area contributed by atoms with E-state index in [0.717, 1.165) is 5.56 Å². The summed E-state index contributed by atoms with van der Waals surface area (Å²) in [6.07, 6.45) is -3.11. The molecule has 2 aromatic carbocycles. The van der Waals surface area contributed by atoms with Crippen molar-refractivity contribution >= 4 is 18.0 Å². The highest BCUT2D eigenvalue weighted by Gasteiger charge is 2.30. The van der Waals surface area contributed by atoms with Gasteiger partial charge >= 0.3 is 12.1 Å². The van der Waals surface area contributed by atoms with Crippen LogP contribution < -0.4 is 10.6 Å². The summed E-state index contributed by atoms with van der Waals surface area (Å²) in [4.78, 5) is 36.0. The van der Waals surface area contributed by atoms with Gasteiger partial charge in [-0.3, -0.25) is 4.79 Å². The van der Waals surface area contributed by atoms with Crippen LogP contribution in [0.1, 0.15) is 17.5 Å². The normalized spacial score (nSPS) is 13.2. The SMILES string of the molecule is N#CC[C@H](NC(=O)OCc1ccccc1)C(=O)N[C@@H](Cc1ccccc1)[C@H](O)C(=O)O. The summed E-state index contributed by atoms with van der Waals surface area (Å²) >= 11 is 0. The summed E-state index contributed by atoms with van der Waals surface area (Å²) < 4.78 is 5.06. The van der Waals surface area contributed by atoms with Crippen LogP contribution >= 0.6 is 0 Å². The molecule has 9 nitrogen and oxygen atoms in total. The fourth-order valence-electron chi connectivity index (χ4n) is 2.77. The number of carbonyl (C=O) groups is 3. The lowest BCUT2D eigenvalue weighted by Crippen LogP contribution is -2.54. The number of hydrogen-bond acceptors (Lipinski definition) is 6. The first-order valence-corrected chi connectivity index (χ1v) is 9.50. The van der Waals surface area contributed by atoms with Crippen LogP contribution in [0.4, 0.5) is 4.79 Å². The quantitative estimate of drug-likeness (QED) is 0.449. The van der Waals surface area contributed by atoms with E-state index in [0.29, 0.717) is 5.56 Å². The van der Waals surface area contributed by atoms with E-state index >= 15 is 0 Å². The van der Waals surface area contributed by atoms with Crippen molar-refractivity contribution in [1.82, 2.24) is 10.6 Å². The number of alkyl carbamates (subject to hydrolysis) is 1. The second-order valence-corrected chi connectivity index (χ2v) is 6.71. The summed E-state index contributed by atoms with van der Waals surface area (Å²) in [5.41, 5.74) is 1.44. The highest BCUT2D eigenvalue weighted by atomic mass is 16.5. The zero-order valence-electron chi connectivity index (χ0n) is 16.6. The molecule has 0 unspecified atom stereocenters.